The van der Waals surface area contributed by atoms with E-state index in [0.29, 0.717) is 6.61 Å². The number of halogens is 3. The van der Waals surface area contributed by atoms with Gasteiger partial charge in [0, 0.05) is 49.6 Å². The van der Waals surface area contributed by atoms with Crippen molar-refractivity contribution in [3.8, 4) is 10.6 Å². The van der Waals surface area contributed by atoms with Gasteiger partial charge in [-0.25, -0.2) is 0 Å². The molecular formula is C25H16I3OS+. The summed E-state index contributed by atoms with van der Waals surface area (Å²) in [6.45, 7) is 0.585. The molecule has 0 aliphatic carbocycles. The second kappa shape index (κ2) is 8.91. The third kappa shape index (κ3) is 3.98. The fourth-order valence-electron chi connectivity index (χ4n) is 3.65. The van der Waals surface area contributed by atoms with Gasteiger partial charge in [0.05, 0.1) is 0 Å². The second-order valence-electron chi connectivity index (χ2n) is 6.92. The van der Waals surface area contributed by atoms with Gasteiger partial charge in [0.15, 0.2) is 14.3 Å². The molecule has 5 heteroatoms. The molecule has 30 heavy (non-hydrogen) atoms. The Morgan fingerprint density at radius 2 is 1.30 bits per heavy atom. The Hall–Kier alpha value is -0.910. The van der Waals surface area contributed by atoms with Crippen LogP contribution in [0.4, 0.5) is 0 Å². The van der Waals surface area contributed by atoms with Gasteiger partial charge in [0.2, 0.25) is 0 Å². The van der Waals surface area contributed by atoms with Crippen LogP contribution < -0.4 is 4.74 Å². The highest BCUT2D eigenvalue weighted by Crippen LogP contribution is 2.48. The van der Waals surface area contributed by atoms with E-state index in [2.05, 4.69) is 153 Å². The summed E-state index contributed by atoms with van der Waals surface area (Å²) in [5, 5.41) is 2.72. The fourth-order valence-corrected chi connectivity index (χ4v) is 8.46. The molecule has 0 atom stereocenters. The van der Waals surface area contributed by atoms with Crippen molar-refractivity contribution in [1.29, 1.82) is 0 Å². The Kier molecular flexibility index (Phi) is 6.23. The summed E-state index contributed by atoms with van der Waals surface area (Å²) in [5.74, 6) is 0.910. The normalized spacial score (nSPS) is 11.3. The predicted molar refractivity (Wildman–Crippen MR) is 154 cm³/mol. The monoisotopic (exact) mass is 745 g/mol. The Balaban J connectivity index is 1.47. The van der Waals surface area contributed by atoms with Crippen LogP contribution in [0.15, 0.2) is 84.9 Å². The molecule has 0 fully saturated rings. The zero-order valence-corrected chi connectivity index (χ0v) is 23.0. The van der Waals surface area contributed by atoms with Crippen LogP contribution in [-0.2, 0) is 6.61 Å². The Morgan fingerprint density at radius 3 is 1.93 bits per heavy atom. The highest BCUT2D eigenvalue weighted by molar-refractivity contribution is 14.1. The molecule has 1 aromatic heterocycles. The number of fused-ring (bicyclic) bond motifs is 3. The topological polar surface area (TPSA) is 9.23 Å². The number of benzene rings is 4. The van der Waals surface area contributed by atoms with Crippen LogP contribution in [0.25, 0.3) is 25.1 Å². The van der Waals surface area contributed by atoms with Crippen LogP contribution in [0.3, 0.4) is 0 Å². The molecule has 0 spiro atoms. The van der Waals surface area contributed by atoms with E-state index < -0.39 is 0 Å². The lowest BCUT2D eigenvalue weighted by Crippen LogP contribution is -2.00. The van der Waals surface area contributed by atoms with E-state index in [-0.39, 0.29) is 10.5 Å². The van der Waals surface area contributed by atoms with Crippen LogP contribution in [-0.4, -0.2) is 0 Å². The van der Waals surface area contributed by atoms with E-state index in [0.717, 1.165) is 5.75 Å². The van der Waals surface area contributed by atoms with Gasteiger partial charge in [0.25, 0.3) is 0 Å². The first-order valence-corrected chi connectivity index (χ1v) is 13.9. The van der Waals surface area contributed by atoms with E-state index in [1.54, 1.807) is 0 Å². The molecule has 0 aliphatic heterocycles. The van der Waals surface area contributed by atoms with Crippen molar-refractivity contribution in [2.24, 2.45) is 0 Å². The van der Waals surface area contributed by atoms with Crippen molar-refractivity contribution in [2.45, 2.75) is 6.61 Å². The Labute approximate surface area is 219 Å². The van der Waals surface area contributed by atoms with E-state index in [1.165, 1.54) is 41.3 Å². The third-order valence-electron chi connectivity index (χ3n) is 5.03. The fraction of sp³-hybridized carbons (Fsp3) is 0.0400. The van der Waals surface area contributed by atoms with Crippen LogP contribution in [0.2, 0.25) is 0 Å². The average Bonchev–Trinajstić information content (AvgIpc) is 3.10. The van der Waals surface area contributed by atoms with Gasteiger partial charge < -0.3 is 4.74 Å². The average molecular weight is 745 g/mol. The summed E-state index contributed by atoms with van der Waals surface area (Å²) in [7, 11) is -0.0573. The highest BCUT2D eigenvalue weighted by atomic mass is 127. The SMILES string of the molecule is Ic1cc(I)c(I)c(COc2ccc(-[s+]3c4ccccc4c4ccccc43)cc2)c1. The van der Waals surface area contributed by atoms with Gasteiger partial charge in [-0.1, -0.05) is 24.3 Å². The number of rotatable bonds is 4. The van der Waals surface area contributed by atoms with Crippen molar-refractivity contribution in [3.63, 3.8) is 0 Å². The summed E-state index contributed by atoms with van der Waals surface area (Å²) in [5.41, 5.74) is 1.23. The number of ether oxygens (including phenoxy) is 1. The predicted octanol–water partition coefficient (Wildman–Crippen LogP) is 9.12. The van der Waals surface area contributed by atoms with Gasteiger partial charge in [-0.2, -0.15) is 0 Å². The van der Waals surface area contributed by atoms with E-state index in [9.17, 15) is 0 Å². The van der Waals surface area contributed by atoms with Crippen molar-refractivity contribution in [1.82, 2.24) is 0 Å². The zero-order valence-electron chi connectivity index (χ0n) is 15.7. The molecule has 0 radical (unpaired) electrons. The van der Waals surface area contributed by atoms with Gasteiger partial charge in [0.1, 0.15) is 12.4 Å². The molecule has 0 N–H and O–H groups in total. The van der Waals surface area contributed by atoms with Crippen LogP contribution >= 0.6 is 78.2 Å². The van der Waals surface area contributed by atoms with Gasteiger partial charge in [-0.3, -0.25) is 0 Å². The number of hydrogen-bond donors (Lipinski definition) is 0. The molecule has 1 heterocycles. The third-order valence-corrected chi connectivity index (χ3v) is 11.1. The molecule has 0 saturated carbocycles. The van der Waals surface area contributed by atoms with Crippen LogP contribution in [0.5, 0.6) is 5.75 Å². The summed E-state index contributed by atoms with van der Waals surface area (Å²) >= 11 is 7.16. The Bertz CT molecular complexity index is 1320. The minimum Gasteiger partial charge on any atom is -0.489 e. The van der Waals surface area contributed by atoms with E-state index >= 15 is 0 Å². The maximum absolute atomic E-state index is 6.13. The summed E-state index contributed by atoms with van der Waals surface area (Å²) < 4.78 is 12.7. The summed E-state index contributed by atoms with van der Waals surface area (Å²) in [6, 6.07) is 30.6. The lowest BCUT2D eigenvalue weighted by atomic mass is 10.2. The zero-order chi connectivity index (χ0) is 20.7. The van der Waals surface area contributed by atoms with E-state index in [4.69, 9.17) is 4.74 Å². The maximum Gasteiger partial charge on any atom is 0.187 e. The molecule has 0 bridgehead atoms. The molecule has 0 amide bonds. The molecule has 1 nitrogen and oxygen atoms in total. The van der Waals surface area contributed by atoms with Crippen molar-refractivity contribution >= 4 is 98.4 Å². The Morgan fingerprint density at radius 1 is 0.700 bits per heavy atom. The first-order chi connectivity index (χ1) is 14.6. The summed E-state index contributed by atoms with van der Waals surface area (Å²) in [4.78, 5) is 1.33. The molecule has 0 unspecified atom stereocenters. The molecule has 148 valence electrons. The molecule has 0 saturated heterocycles. The minimum absolute atomic E-state index is 0.0573. The number of thiophene rings is 1. The van der Waals surface area contributed by atoms with Gasteiger partial charge >= 0.3 is 0 Å². The van der Waals surface area contributed by atoms with Crippen molar-refractivity contribution in [2.75, 3.05) is 0 Å². The standard InChI is InChI=1S/C25H16I3OS/c26-17-13-16(25(28)22(27)14-17)15-29-18-9-11-19(12-10-18)30-23-7-3-1-5-20(23)21-6-2-4-8-24(21)30/h1-14H,15H2/q+1. The largest absolute Gasteiger partial charge is 0.489 e. The smallest absolute Gasteiger partial charge is 0.187 e. The van der Waals surface area contributed by atoms with Crippen LogP contribution in [0.1, 0.15) is 5.56 Å². The molecule has 5 rings (SSSR count). The van der Waals surface area contributed by atoms with Gasteiger partial charge in [-0.05, 0) is 116 Å². The lowest BCUT2D eigenvalue weighted by molar-refractivity contribution is 0.305. The molecular weight excluding hydrogens is 729 g/mol. The first kappa shape index (κ1) is 21.0. The van der Waals surface area contributed by atoms with Crippen molar-refractivity contribution in [3.05, 3.63) is 101 Å². The van der Waals surface area contributed by atoms with Crippen LogP contribution in [0, 0.1) is 10.7 Å². The molecule has 0 aliphatic rings. The molecule has 5 aromatic rings. The minimum atomic E-state index is -0.0573. The lowest BCUT2D eigenvalue weighted by Gasteiger charge is -2.10. The number of hydrogen-bond acceptors (Lipinski definition) is 1. The first-order valence-electron chi connectivity index (χ1n) is 9.41. The molecule has 4 aromatic carbocycles. The quantitative estimate of drug-likeness (QED) is 0.101. The van der Waals surface area contributed by atoms with Crippen molar-refractivity contribution < 1.29 is 4.74 Å². The second-order valence-corrected chi connectivity index (χ2v) is 12.4. The maximum atomic E-state index is 6.13. The summed E-state index contributed by atoms with van der Waals surface area (Å²) in [6.07, 6.45) is 0. The van der Waals surface area contributed by atoms with Gasteiger partial charge in [-0.15, -0.1) is 0 Å². The highest BCUT2D eigenvalue weighted by Gasteiger charge is 2.22. The van der Waals surface area contributed by atoms with E-state index in [1.807, 2.05) is 0 Å².